The van der Waals surface area contributed by atoms with Crippen LogP contribution in [0.2, 0.25) is 0 Å². The molecule has 1 unspecified atom stereocenters. The molecule has 1 aliphatic rings. The van der Waals surface area contributed by atoms with Crippen LogP contribution in [0.25, 0.3) is 0 Å². The van der Waals surface area contributed by atoms with Crippen molar-refractivity contribution in [3.63, 3.8) is 0 Å². The largest absolute Gasteiger partial charge is 0.508 e. The number of nitrogens with one attached hydrogen (secondary N) is 2. The number of phenols is 1. The van der Waals surface area contributed by atoms with Gasteiger partial charge in [-0.1, -0.05) is 36.0 Å². The van der Waals surface area contributed by atoms with Gasteiger partial charge in [0.15, 0.2) is 5.78 Å². The molecule has 4 rings (SSSR count). The van der Waals surface area contributed by atoms with Crippen molar-refractivity contribution in [2.75, 3.05) is 11.1 Å². The summed E-state index contributed by atoms with van der Waals surface area (Å²) in [6.45, 7) is 1.80. The summed E-state index contributed by atoms with van der Waals surface area (Å²) in [5.41, 5.74) is 2.64. The summed E-state index contributed by atoms with van der Waals surface area (Å²) in [6.07, 6.45) is 0. The van der Waals surface area contributed by atoms with Crippen molar-refractivity contribution in [1.29, 1.82) is 5.26 Å². The van der Waals surface area contributed by atoms with E-state index in [-0.39, 0.29) is 23.2 Å². The maximum Gasteiger partial charge on any atom is 0.254 e. The van der Waals surface area contributed by atoms with Crippen molar-refractivity contribution in [3.05, 3.63) is 104 Å². The monoisotopic (exact) mass is 487 g/mol. The second kappa shape index (κ2) is 10.4. The molecule has 0 fully saturated rings. The molecule has 34 heavy (non-hydrogen) atoms. The SMILES string of the molecule is CC1=C(C(=O)Nc2ccccc2)C(c2cccs2)C(C#N)=C(SCC(=O)c2ccc(O)cc2)N1. The fourth-order valence-electron chi connectivity index (χ4n) is 3.66. The topological polar surface area (TPSA) is 102 Å². The normalized spacial score (nSPS) is 15.5. The predicted molar refractivity (Wildman–Crippen MR) is 136 cm³/mol. The number of aromatic hydroxyl groups is 1. The number of carbonyl (C=O) groups excluding carboxylic acids is 2. The molecule has 8 heteroatoms. The lowest BCUT2D eigenvalue weighted by Gasteiger charge is -2.29. The number of anilines is 1. The number of amides is 1. The van der Waals surface area contributed by atoms with Crippen molar-refractivity contribution in [2.45, 2.75) is 12.8 Å². The van der Waals surface area contributed by atoms with Gasteiger partial charge in [0.25, 0.3) is 5.91 Å². The number of thioether (sulfide) groups is 1. The summed E-state index contributed by atoms with van der Waals surface area (Å²) < 4.78 is 0. The number of carbonyl (C=O) groups is 2. The number of benzene rings is 2. The zero-order valence-electron chi connectivity index (χ0n) is 18.2. The van der Waals surface area contributed by atoms with Crippen molar-refractivity contribution >= 4 is 40.5 Å². The van der Waals surface area contributed by atoms with Gasteiger partial charge in [-0.25, -0.2) is 0 Å². The highest BCUT2D eigenvalue weighted by atomic mass is 32.2. The average molecular weight is 488 g/mol. The van der Waals surface area contributed by atoms with E-state index in [4.69, 9.17) is 0 Å². The van der Waals surface area contributed by atoms with Crippen LogP contribution in [0.4, 0.5) is 5.69 Å². The van der Waals surface area contributed by atoms with Crippen molar-refractivity contribution in [1.82, 2.24) is 5.32 Å². The zero-order valence-corrected chi connectivity index (χ0v) is 19.9. The summed E-state index contributed by atoms with van der Waals surface area (Å²) >= 11 is 2.71. The van der Waals surface area contributed by atoms with E-state index in [0.717, 1.165) is 4.88 Å². The molecule has 2 heterocycles. The highest BCUT2D eigenvalue weighted by Gasteiger charge is 2.35. The molecule has 3 N–H and O–H groups in total. The second-order valence-electron chi connectivity index (χ2n) is 7.55. The molecule has 0 spiro atoms. The molecule has 3 aromatic rings. The predicted octanol–water partition coefficient (Wildman–Crippen LogP) is 5.40. The molecule has 0 saturated carbocycles. The molecule has 0 bridgehead atoms. The second-order valence-corrected chi connectivity index (χ2v) is 9.51. The number of rotatable bonds is 7. The Bertz CT molecular complexity index is 1310. The van der Waals surface area contributed by atoms with Crippen molar-refractivity contribution < 1.29 is 14.7 Å². The maximum atomic E-state index is 13.3. The number of hydrogen-bond donors (Lipinski definition) is 3. The van der Waals surface area contributed by atoms with E-state index in [0.29, 0.717) is 33.1 Å². The Morgan fingerprint density at radius 2 is 1.85 bits per heavy atom. The lowest BCUT2D eigenvalue weighted by atomic mass is 9.86. The molecule has 1 aromatic heterocycles. The summed E-state index contributed by atoms with van der Waals surface area (Å²) in [5, 5.41) is 28.1. The van der Waals surface area contributed by atoms with E-state index in [1.807, 2.05) is 47.8 Å². The standard InChI is InChI=1S/C26H21N3O3S2/c1-16-23(25(32)29-18-6-3-2-4-7-18)24(22-8-5-13-33-22)20(14-27)26(28-16)34-15-21(31)17-9-11-19(30)12-10-17/h2-13,24,28,30H,15H2,1H3,(H,29,32). The quantitative estimate of drug-likeness (QED) is 0.386. The van der Waals surface area contributed by atoms with Gasteiger partial charge in [-0.05, 0) is 54.8 Å². The van der Waals surface area contributed by atoms with Gasteiger partial charge < -0.3 is 15.7 Å². The number of nitrogens with zero attached hydrogens (tertiary/aromatic N) is 1. The molecule has 170 valence electrons. The fraction of sp³-hybridized carbons (Fsp3) is 0.115. The number of para-hydroxylation sites is 1. The van der Waals surface area contributed by atoms with E-state index >= 15 is 0 Å². The molecule has 6 nitrogen and oxygen atoms in total. The van der Waals surface area contributed by atoms with Crippen LogP contribution in [0, 0.1) is 11.3 Å². The van der Waals surface area contributed by atoms with Crippen molar-refractivity contribution in [3.8, 4) is 11.8 Å². The Morgan fingerprint density at radius 3 is 2.50 bits per heavy atom. The van der Waals surface area contributed by atoms with Crippen LogP contribution in [0.3, 0.4) is 0 Å². The van der Waals surface area contributed by atoms with Crippen LogP contribution in [0.5, 0.6) is 5.75 Å². The van der Waals surface area contributed by atoms with E-state index in [1.165, 1.54) is 35.2 Å². The Kier molecular flexibility index (Phi) is 7.16. The number of phenolic OH excluding ortho intramolecular Hbond substituents is 1. The first-order valence-corrected chi connectivity index (χ1v) is 12.3. The van der Waals surface area contributed by atoms with Gasteiger partial charge in [-0.15, -0.1) is 11.3 Å². The third kappa shape index (κ3) is 5.06. The molecule has 1 atom stereocenters. The number of ketones is 1. The summed E-state index contributed by atoms with van der Waals surface area (Å²) in [6, 6.07) is 21.3. The number of Topliss-reactive ketones (excluding diaryl/α,β-unsaturated/α-hetero) is 1. The van der Waals surface area contributed by atoms with Gasteiger partial charge in [0.1, 0.15) is 5.75 Å². The number of nitriles is 1. The summed E-state index contributed by atoms with van der Waals surface area (Å²) in [4.78, 5) is 26.8. The molecule has 2 aromatic carbocycles. The van der Waals surface area contributed by atoms with Gasteiger partial charge >= 0.3 is 0 Å². The number of thiophene rings is 1. The Hall–Kier alpha value is -3.80. The first-order valence-electron chi connectivity index (χ1n) is 10.4. The van der Waals surface area contributed by atoms with Crippen LogP contribution in [-0.4, -0.2) is 22.5 Å². The minimum atomic E-state index is -0.541. The van der Waals surface area contributed by atoms with Gasteiger partial charge in [-0.3, -0.25) is 9.59 Å². The molecule has 1 amide bonds. The van der Waals surface area contributed by atoms with Crippen LogP contribution < -0.4 is 10.6 Å². The van der Waals surface area contributed by atoms with E-state index in [9.17, 15) is 20.0 Å². The lowest BCUT2D eigenvalue weighted by molar-refractivity contribution is -0.113. The molecule has 0 saturated heterocycles. The fourth-order valence-corrected chi connectivity index (χ4v) is 5.49. The van der Waals surface area contributed by atoms with E-state index in [1.54, 1.807) is 19.1 Å². The third-order valence-electron chi connectivity index (χ3n) is 5.29. The highest BCUT2D eigenvalue weighted by Crippen LogP contribution is 2.42. The number of hydrogen-bond acceptors (Lipinski definition) is 7. The number of allylic oxidation sites excluding steroid dienone is 2. The summed E-state index contributed by atoms with van der Waals surface area (Å²) in [5.74, 6) is -0.756. The third-order valence-corrected chi connectivity index (χ3v) is 7.24. The van der Waals surface area contributed by atoms with Gasteiger partial charge in [-0.2, -0.15) is 5.26 Å². The van der Waals surface area contributed by atoms with Gasteiger partial charge in [0, 0.05) is 27.4 Å². The summed E-state index contributed by atoms with van der Waals surface area (Å²) in [7, 11) is 0. The van der Waals surface area contributed by atoms with E-state index in [2.05, 4.69) is 16.7 Å². The molecule has 0 radical (unpaired) electrons. The molecular weight excluding hydrogens is 466 g/mol. The van der Waals surface area contributed by atoms with Gasteiger partial charge in [0.05, 0.1) is 28.3 Å². The Balaban J connectivity index is 1.63. The highest BCUT2D eigenvalue weighted by molar-refractivity contribution is 8.03. The van der Waals surface area contributed by atoms with Crippen LogP contribution in [-0.2, 0) is 4.79 Å². The minimum Gasteiger partial charge on any atom is -0.508 e. The molecule has 1 aliphatic heterocycles. The van der Waals surface area contributed by atoms with Crippen LogP contribution >= 0.6 is 23.1 Å². The Labute approximate surface area is 205 Å². The minimum absolute atomic E-state index is 0.0912. The van der Waals surface area contributed by atoms with Crippen molar-refractivity contribution in [2.24, 2.45) is 0 Å². The average Bonchev–Trinajstić information content (AvgIpc) is 3.37. The smallest absolute Gasteiger partial charge is 0.254 e. The van der Waals surface area contributed by atoms with Crippen LogP contribution in [0.15, 0.2) is 94.0 Å². The molecule has 0 aliphatic carbocycles. The zero-order chi connectivity index (χ0) is 24.1. The van der Waals surface area contributed by atoms with Crippen LogP contribution in [0.1, 0.15) is 28.1 Å². The lowest BCUT2D eigenvalue weighted by Crippen LogP contribution is -2.30. The first-order chi connectivity index (χ1) is 16.5. The molecular formula is C26H21N3O3S2. The number of dihydropyridines is 1. The van der Waals surface area contributed by atoms with Gasteiger partial charge in [0.2, 0.25) is 0 Å². The van der Waals surface area contributed by atoms with E-state index < -0.39 is 5.92 Å². The first kappa shape index (κ1) is 23.4. The Morgan fingerprint density at radius 1 is 1.12 bits per heavy atom. The maximum absolute atomic E-state index is 13.3.